The van der Waals surface area contributed by atoms with Gasteiger partial charge in [-0.05, 0) is 5.92 Å². The number of carboxylic acid groups (broad SMARTS) is 1. The van der Waals surface area contributed by atoms with Gasteiger partial charge in [-0.2, -0.15) is 0 Å². The molecule has 0 bridgehead atoms. The Balaban J connectivity index is 2.54. The number of morpholine rings is 1. The molecule has 0 aliphatic carbocycles. The smallest absolute Gasteiger partial charge is 0.306 e. The summed E-state index contributed by atoms with van der Waals surface area (Å²) >= 11 is 0. The molecular formula is C11H20N2O4. The lowest BCUT2D eigenvalue weighted by atomic mass is 10.0. The average Bonchev–Trinajstić information content (AvgIpc) is 2.26. The van der Waals surface area contributed by atoms with Crippen LogP contribution in [0.15, 0.2) is 0 Å². The number of rotatable bonds is 4. The summed E-state index contributed by atoms with van der Waals surface area (Å²) in [6.45, 7) is 4.94. The molecule has 1 aliphatic heterocycles. The van der Waals surface area contributed by atoms with E-state index in [0.29, 0.717) is 19.7 Å². The van der Waals surface area contributed by atoms with E-state index in [-0.39, 0.29) is 18.2 Å². The van der Waals surface area contributed by atoms with Crippen molar-refractivity contribution < 1.29 is 19.4 Å². The third kappa shape index (κ3) is 3.98. The first-order valence-electron chi connectivity index (χ1n) is 5.79. The number of carbonyl (C=O) groups excluding carboxylic acids is 1. The molecule has 1 unspecified atom stereocenters. The topological polar surface area (TPSA) is 92.9 Å². The third-order valence-corrected chi connectivity index (χ3v) is 2.86. The second-order valence-corrected chi connectivity index (χ2v) is 4.64. The number of aliphatic carboxylic acids is 1. The normalized spacial score (nSPS) is 22.6. The van der Waals surface area contributed by atoms with Crippen LogP contribution in [-0.2, 0) is 14.3 Å². The highest BCUT2D eigenvalue weighted by atomic mass is 16.5. The molecule has 1 amide bonds. The van der Waals surface area contributed by atoms with Gasteiger partial charge in [0.05, 0.1) is 25.2 Å². The highest BCUT2D eigenvalue weighted by Crippen LogP contribution is 2.11. The van der Waals surface area contributed by atoms with Crippen LogP contribution >= 0.6 is 0 Å². The van der Waals surface area contributed by atoms with E-state index in [9.17, 15) is 9.59 Å². The fourth-order valence-corrected chi connectivity index (χ4v) is 1.73. The lowest BCUT2D eigenvalue weighted by Gasteiger charge is -2.34. The second-order valence-electron chi connectivity index (χ2n) is 4.64. The summed E-state index contributed by atoms with van der Waals surface area (Å²) in [5.41, 5.74) is 5.79. The molecule has 1 rings (SSSR count). The lowest BCUT2D eigenvalue weighted by Crippen LogP contribution is -2.53. The molecule has 1 heterocycles. The minimum Gasteiger partial charge on any atom is -0.481 e. The predicted molar refractivity (Wildman–Crippen MR) is 61.4 cm³/mol. The quantitative estimate of drug-likeness (QED) is 0.706. The number of hydrogen-bond donors (Lipinski definition) is 2. The highest BCUT2D eigenvalue weighted by molar-refractivity contribution is 5.82. The SMILES string of the molecule is CC(C)[C@H](N)C(=O)N1CCOC(CC(=O)O)C1. The van der Waals surface area contributed by atoms with E-state index in [0.717, 1.165) is 0 Å². The van der Waals surface area contributed by atoms with Crippen molar-refractivity contribution in [2.24, 2.45) is 11.7 Å². The molecule has 1 saturated heterocycles. The van der Waals surface area contributed by atoms with Gasteiger partial charge in [-0.1, -0.05) is 13.8 Å². The molecule has 3 N–H and O–H groups in total. The zero-order valence-corrected chi connectivity index (χ0v) is 10.3. The Bertz CT molecular complexity index is 293. The summed E-state index contributed by atoms with van der Waals surface area (Å²) in [7, 11) is 0. The minimum atomic E-state index is -0.919. The van der Waals surface area contributed by atoms with Crippen LogP contribution in [0.2, 0.25) is 0 Å². The maximum Gasteiger partial charge on any atom is 0.306 e. The highest BCUT2D eigenvalue weighted by Gasteiger charge is 2.29. The monoisotopic (exact) mass is 244 g/mol. The Hall–Kier alpha value is -1.14. The zero-order valence-electron chi connectivity index (χ0n) is 10.3. The molecule has 6 nitrogen and oxygen atoms in total. The van der Waals surface area contributed by atoms with Crippen LogP contribution in [-0.4, -0.2) is 53.7 Å². The molecule has 1 fully saturated rings. The summed E-state index contributed by atoms with van der Waals surface area (Å²) in [6, 6.07) is -0.529. The Morgan fingerprint density at radius 3 is 2.71 bits per heavy atom. The Kier molecular flexibility index (Phi) is 4.89. The van der Waals surface area contributed by atoms with Crippen molar-refractivity contribution >= 4 is 11.9 Å². The average molecular weight is 244 g/mol. The maximum atomic E-state index is 12.0. The van der Waals surface area contributed by atoms with E-state index in [1.807, 2.05) is 13.8 Å². The van der Waals surface area contributed by atoms with Crippen molar-refractivity contribution in [1.82, 2.24) is 4.90 Å². The standard InChI is InChI=1S/C11H20N2O4/c1-7(2)10(12)11(16)13-3-4-17-8(6-13)5-9(14)15/h7-8,10H,3-6,12H2,1-2H3,(H,14,15)/t8?,10-/m0/s1. The van der Waals surface area contributed by atoms with Crippen molar-refractivity contribution in [1.29, 1.82) is 0 Å². The molecule has 2 atom stereocenters. The summed E-state index contributed by atoms with van der Waals surface area (Å²) in [4.78, 5) is 24.1. The van der Waals surface area contributed by atoms with Gasteiger partial charge in [-0.25, -0.2) is 0 Å². The lowest BCUT2D eigenvalue weighted by molar-refractivity contribution is -0.148. The van der Waals surface area contributed by atoms with Crippen molar-refractivity contribution in [2.75, 3.05) is 19.7 Å². The molecule has 0 radical (unpaired) electrons. The number of hydrogen-bond acceptors (Lipinski definition) is 4. The Morgan fingerprint density at radius 1 is 1.53 bits per heavy atom. The Morgan fingerprint density at radius 2 is 2.18 bits per heavy atom. The summed E-state index contributed by atoms with van der Waals surface area (Å²) in [5.74, 6) is -0.973. The molecule has 0 spiro atoms. The third-order valence-electron chi connectivity index (χ3n) is 2.86. The molecule has 98 valence electrons. The van der Waals surface area contributed by atoms with Crippen LogP contribution in [0.4, 0.5) is 0 Å². The van der Waals surface area contributed by atoms with Gasteiger partial charge >= 0.3 is 5.97 Å². The summed E-state index contributed by atoms with van der Waals surface area (Å²) in [5, 5.41) is 8.68. The molecular weight excluding hydrogens is 224 g/mol. The summed E-state index contributed by atoms with van der Waals surface area (Å²) < 4.78 is 5.29. The summed E-state index contributed by atoms with van der Waals surface area (Å²) in [6.07, 6.45) is -0.509. The van der Waals surface area contributed by atoms with Crippen LogP contribution in [0, 0.1) is 5.92 Å². The number of nitrogens with zero attached hydrogens (tertiary/aromatic N) is 1. The predicted octanol–water partition coefficient (Wildman–Crippen LogP) is -0.328. The number of ether oxygens (including phenoxy) is 1. The first-order chi connectivity index (χ1) is 7.91. The molecule has 1 aliphatic rings. The fourth-order valence-electron chi connectivity index (χ4n) is 1.73. The van der Waals surface area contributed by atoms with Gasteiger partial charge in [0, 0.05) is 13.1 Å². The zero-order chi connectivity index (χ0) is 13.0. The van der Waals surface area contributed by atoms with E-state index in [4.69, 9.17) is 15.6 Å². The molecule has 0 aromatic rings. The van der Waals surface area contributed by atoms with Crippen LogP contribution < -0.4 is 5.73 Å². The molecule has 17 heavy (non-hydrogen) atoms. The van der Waals surface area contributed by atoms with Crippen molar-refractivity contribution in [3.63, 3.8) is 0 Å². The molecule has 0 aromatic heterocycles. The van der Waals surface area contributed by atoms with E-state index in [2.05, 4.69) is 0 Å². The van der Waals surface area contributed by atoms with Gasteiger partial charge in [0.2, 0.25) is 5.91 Å². The van der Waals surface area contributed by atoms with Crippen LogP contribution in [0.1, 0.15) is 20.3 Å². The van der Waals surface area contributed by atoms with Gasteiger partial charge in [0.15, 0.2) is 0 Å². The van der Waals surface area contributed by atoms with E-state index >= 15 is 0 Å². The Labute approximate surface area is 101 Å². The van der Waals surface area contributed by atoms with Gasteiger partial charge in [-0.15, -0.1) is 0 Å². The van der Waals surface area contributed by atoms with Crippen molar-refractivity contribution in [3.05, 3.63) is 0 Å². The van der Waals surface area contributed by atoms with Crippen molar-refractivity contribution in [2.45, 2.75) is 32.4 Å². The van der Waals surface area contributed by atoms with Crippen LogP contribution in [0.5, 0.6) is 0 Å². The van der Waals surface area contributed by atoms with Gasteiger partial charge in [0.25, 0.3) is 0 Å². The van der Waals surface area contributed by atoms with Gasteiger partial charge in [0.1, 0.15) is 0 Å². The number of carboxylic acids is 1. The first-order valence-corrected chi connectivity index (χ1v) is 5.79. The molecule has 0 saturated carbocycles. The minimum absolute atomic E-state index is 0.0725. The largest absolute Gasteiger partial charge is 0.481 e. The second kappa shape index (κ2) is 5.97. The van der Waals surface area contributed by atoms with Crippen LogP contribution in [0.3, 0.4) is 0 Å². The number of amides is 1. The molecule has 0 aromatic carbocycles. The van der Waals surface area contributed by atoms with Crippen molar-refractivity contribution in [3.8, 4) is 0 Å². The number of carbonyl (C=O) groups is 2. The van der Waals surface area contributed by atoms with E-state index in [1.54, 1.807) is 4.90 Å². The van der Waals surface area contributed by atoms with Gasteiger partial charge < -0.3 is 20.5 Å². The molecule has 6 heteroatoms. The van der Waals surface area contributed by atoms with Gasteiger partial charge in [-0.3, -0.25) is 9.59 Å². The van der Waals surface area contributed by atoms with Crippen LogP contribution in [0.25, 0.3) is 0 Å². The van der Waals surface area contributed by atoms with E-state index < -0.39 is 18.1 Å². The maximum absolute atomic E-state index is 12.0. The number of nitrogens with two attached hydrogens (primary N) is 1. The first kappa shape index (κ1) is 13.9. The van der Waals surface area contributed by atoms with E-state index in [1.165, 1.54) is 0 Å². The fraction of sp³-hybridized carbons (Fsp3) is 0.818.